The van der Waals surface area contributed by atoms with E-state index in [9.17, 15) is 4.79 Å². The quantitative estimate of drug-likeness (QED) is 0.433. The lowest BCUT2D eigenvalue weighted by molar-refractivity contribution is -0.115. The molecule has 1 aliphatic rings. The second kappa shape index (κ2) is 9.47. The van der Waals surface area contributed by atoms with E-state index in [2.05, 4.69) is 39.8 Å². The first-order valence-corrected chi connectivity index (χ1v) is 10.8. The van der Waals surface area contributed by atoms with Crippen LogP contribution in [0.4, 0.5) is 5.69 Å². The number of nitrogens with one attached hydrogen (secondary N) is 1. The summed E-state index contributed by atoms with van der Waals surface area (Å²) in [4.78, 5) is 17.5. The fourth-order valence-electron chi connectivity index (χ4n) is 2.66. The molecule has 28 heavy (non-hydrogen) atoms. The lowest BCUT2D eigenvalue weighted by Crippen LogP contribution is -2.19. The molecule has 1 heterocycles. The number of amidine groups is 1. The number of carbonyl (C=O) groups excluding carboxylic acids is 1. The summed E-state index contributed by atoms with van der Waals surface area (Å²) < 4.78 is 12.0. The topological polar surface area (TPSA) is 59.9 Å². The van der Waals surface area contributed by atoms with Crippen molar-refractivity contribution in [3.63, 3.8) is 0 Å². The van der Waals surface area contributed by atoms with Crippen LogP contribution in [-0.4, -0.2) is 24.8 Å². The lowest BCUT2D eigenvalue weighted by Gasteiger charge is -2.12. The van der Waals surface area contributed by atoms with Crippen LogP contribution in [0.2, 0.25) is 0 Å². The molecule has 0 radical (unpaired) electrons. The third-order valence-electron chi connectivity index (χ3n) is 4.06. The maximum atomic E-state index is 12.3. The standard InChI is InChI=1S/C21H21IN2O3S/c1-4-13-6-8-15(9-7-13)23-21-24-20(25)18(28-21)12-14-10-16(22)19(27-5-2)17(11-14)26-3/h6-12H,4-5H2,1-3H3,(H,23,24,25)/b18-12+. The number of nitrogens with zero attached hydrogens (tertiary/aromatic N) is 1. The van der Waals surface area contributed by atoms with Crippen LogP contribution in [0.3, 0.4) is 0 Å². The van der Waals surface area contributed by atoms with Crippen molar-refractivity contribution in [3.8, 4) is 11.5 Å². The molecule has 1 amide bonds. The van der Waals surface area contributed by atoms with Crippen LogP contribution in [0.1, 0.15) is 25.0 Å². The van der Waals surface area contributed by atoms with E-state index in [0.29, 0.717) is 28.2 Å². The molecule has 5 nitrogen and oxygen atoms in total. The van der Waals surface area contributed by atoms with Gasteiger partial charge in [0.15, 0.2) is 16.7 Å². The highest BCUT2D eigenvalue weighted by Gasteiger charge is 2.24. The van der Waals surface area contributed by atoms with Gasteiger partial charge in [-0.1, -0.05) is 19.1 Å². The first-order valence-electron chi connectivity index (χ1n) is 8.92. The van der Waals surface area contributed by atoms with Crippen LogP contribution in [-0.2, 0) is 11.2 Å². The summed E-state index contributed by atoms with van der Waals surface area (Å²) >= 11 is 3.54. The molecule has 1 N–H and O–H groups in total. The minimum Gasteiger partial charge on any atom is -0.493 e. The Balaban J connectivity index is 1.84. The van der Waals surface area contributed by atoms with Gasteiger partial charge in [-0.3, -0.25) is 4.79 Å². The van der Waals surface area contributed by atoms with Crippen molar-refractivity contribution in [1.29, 1.82) is 0 Å². The largest absolute Gasteiger partial charge is 0.493 e. The first-order chi connectivity index (χ1) is 13.5. The van der Waals surface area contributed by atoms with Gasteiger partial charge in [0.25, 0.3) is 5.91 Å². The molecule has 0 unspecified atom stereocenters. The number of carbonyl (C=O) groups is 1. The van der Waals surface area contributed by atoms with Gasteiger partial charge in [0.2, 0.25) is 0 Å². The Morgan fingerprint density at radius 3 is 2.61 bits per heavy atom. The summed E-state index contributed by atoms with van der Waals surface area (Å²) in [7, 11) is 1.61. The molecule has 2 aromatic rings. The maximum absolute atomic E-state index is 12.3. The highest BCUT2D eigenvalue weighted by atomic mass is 127. The molecule has 146 valence electrons. The molecule has 0 spiro atoms. The Kier molecular flexibility index (Phi) is 7.01. The van der Waals surface area contributed by atoms with Gasteiger partial charge in [0.05, 0.1) is 27.9 Å². The summed E-state index contributed by atoms with van der Waals surface area (Å²) in [5, 5.41) is 3.40. The second-order valence-corrected chi connectivity index (χ2v) is 8.16. The van der Waals surface area contributed by atoms with Gasteiger partial charge >= 0.3 is 0 Å². The minimum atomic E-state index is -0.156. The third kappa shape index (κ3) is 4.88. The van der Waals surface area contributed by atoms with E-state index in [4.69, 9.17) is 9.47 Å². The number of aryl methyl sites for hydroxylation is 1. The SMILES string of the molecule is CCOc1c(I)cc(/C=C2/SC(=Nc3ccc(CC)cc3)NC2=O)cc1OC. The monoisotopic (exact) mass is 508 g/mol. The molecule has 1 aliphatic heterocycles. The molecule has 0 aromatic heterocycles. The van der Waals surface area contributed by atoms with Crippen LogP contribution in [0.25, 0.3) is 6.08 Å². The molecule has 0 atom stereocenters. The van der Waals surface area contributed by atoms with Crippen LogP contribution < -0.4 is 14.8 Å². The summed E-state index contributed by atoms with van der Waals surface area (Å²) in [5.74, 6) is 1.21. The van der Waals surface area contributed by atoms with Crippen molar-refractivity contribution in [2.45, 2.75) is 20.3 Å². The van der Waals surface area contributed by atoms with Gasteiger partial charge in [-0.2, -0.15) is 0 Å². The molecule has 2 aromatic carbocycles. The summed E-state index contributed by atoms with van der Waals surface area (Å²) in [6.07, 6.45) is 2.82. The Morgan fingerprint density at radius 1 is 1.21 bits per heavy atom. The zero-order chi connectivity index (χ0) is 20.1. The van der Waals surface area contributed by atoms with E-state index in [1.54, 1.807) is 7.11 Å². The molecule has 1 saturated heterocycles. The molecule has 0 bridgehead atoms. The average Bonchev–Trinajstić information content (AvgIpc) is 3.03. The first kappa shape index (κ1) is 20.7. The van der Waals surface area contributed by atoms with Gasteiger partial charge in [-0.15, -0.1) is 0 Å². The second-order valence-electron chi connectivity index (χ2n) is 5.97. The number of hydrogen-bond donors (Lipinski definition) is 1. The van der Waals surface area contributed by atoms with Crippen molar-refractivity contribution in [2.24, 2.45) is 4.99 Å². The Labute approximate surface area is 182 Å². The lowest BCUT2D eigenvalue weighted by atomic mass is 10.2. The Morgan fingerprint density at radius 2 is 1.96 bits per heavy atom. The predicted octanol–water partition coefficient (Wildman–Crippen LogP) is 5.15. The van der Waals surface area contributed by atoms with Crippen LogP contribution in [0, 0.1) is 3.57 Å². The normalized spacial score (nSPS) is 16.5. The van der Waals surface area contributed by atoms with Crippen molar-refractivity contribution < 1.29 is 14.3 Å². The third-order valence-corrected chi connectivity index (χ3v) is 5.78. The summed E-state index contributed by atoms with van der Waals surface area (Å²) in [5.41, 5.74) is 2.95. The van der Waals surface area contributed by atoms with Crippen molar-refractivity contribution in [2.75, 3.05) is 13.7 Å². The number of ether oxygens (including phenoxy) is 2. The Bertz CT molecular complexity index is 939. The highest BCUT2D eigenvalue weighted by molar-refractivity contribution is 14.1. The molecule has 7 heteroatoms. The van der Waals surface area contributed by atoms with Gasteiger partial charge in [0.1, 0.15) is 0 Å². The zero-order valence-corrected chi connectivity index (χ0v) is 18.9. The van der Waals surface area contributed by atoms with E-state index in [1.807, 2.05) is 49.4 Å². The molecule has 0 aliphatic carbocycles. The molecule has 3 rings (SSSR count). The summed E-state index contributed by atoms with van der Waals surface area (Å²) in [6.45, 7) is 4.60. The van der Waals surface area contributed by atoms with E-state index in [1.165, 1.54) is 17.3 Å². The number of halogens is 1. The average molecular weight is 508 g/mol. The number of rotatable bonds is 6. The van der Waals surface area contributed by atoms with Crippen LogP contribution in [0.15, 0.2) is 46.3 Å². The summed E-state index contributed by atoms with van der Waals surface area (Å²) in [6, 6.07) is 11.8. The Hall–Kier alpha value is -2.00. The van der Waals surface area contributed by atoms with Gasteiger partial charge < -0.3 is 14.8 Å². The molecular formula is C21H21IN2O3S. The van der Waals surface area contributed by atoms with Gasteiger partial charge in [-0.25, -0.2) is 4.99 Å². The van der Waals surface area contributed by atoms with Crippen molar-refractivity contribution >= 4 is 57.2 Å². The number of amides is 1. The van der Waals surface area contributed by atoms with E-state index in [0.717, 1.165) is 21.2 Å². The van der Waals surface area contributed by atoms with Crippen molar-refractivity contribution in [1.82, 2.24) is 5.32 Å². The maximum Gasteiger partial charge on any atom is 0.264 e. The number of methoxy groups -OCH3 is 1. The fraction of sp³-hybridized carbons (Fsp3) is 0.238. The zero-order valence-electron chi connectivity index (χ0n) is 15.9. The molecule has 0 saturated carbocycles. The molecular weight excluding hydrogens is 487 g/mol. The van der Waals surface area contributed by atoms with Gasteiger partial charge in [-0.05, 0) is 89.2 Å². The predicted molar refractivity (Wildman–Crippen MR) is 124 cm³/mol. The van der Waals surface area contributed by atoms with E-state index >= 15 is 0 Å². The molecule has 1 fully saturated rings. The van der Waals surface area contributed by atoms with Crippen LogP contribution >= 0.6 is 34.4 Å². The van der Waals surface area contributed by atoms with Crippen molar-refractivity contribution in [3.05, 3.63) is 56.0 Å². The highest BCUT2D eigenvalue weighted by Crippen LogP contribution is 2.36. The fourth-order valence-corrected chi connectivity index (χ4v) is 4.29. The number of thioether (sulfide) groups is 1. The van der Waals surface area contributed by atoms with Gasteiger partial charge in [0, 0.05) is 0 Å². The van der Waals surface area contributed by atoms with Crippen LogP contribution in [0.5, 0.6) is 11.5 Å². The number of hydrogen-bond acceptors (Lipinski definition) is 5. The number of aliphatic imine (C=N–C) groups is 1. The van der Waals surface area contributed by atoms with E-state index in [-0.39, 0.29) is 5.91 Å². The number of benzene rings is 2. The smallest absolute Gasteiger partial charge is 0.264 e. The minimum absolute atomic E-state index is 0.156. The van der Waals surface area contributed by atoms with E-state index < -0.39 is 0 Å².